The number of benzene rings is 1. The van der Waals surface area contributed by atoms with Crippen molar-refractivity contribution in [3.8, 4) is 16.9 Å². The fourth-order valence-corrected chi connectivity index (χ4v) is 3.53. The molecule has 2 aromatic heterocycles. The van der Waals surface area contributed by atoms with Gasteiger partial charge in [0.1, 0.15) is 5.75 Å². The van der Waals surface area contributed by atoms with E-state index in [1.54, 1.807) is 7.11 Å². The molecule has 0 radical (unpaired) electrons. The number of methoxy groups -OCH3 is 1. The van der Waals surface area contributed by atoms with E-state index in [2.05, 4.69) is 16.4 Å². The van der Waals surface area contributed by atoms with Crippen molar-refractivity contribution < 1.29 is 9.53 Å². The van der Waals surface area contributed by atoms with Crippen molar-refractivity contribution in [3.05, 3.63) is 58.9 Å². The maximum absolute atomic E-state index is 12.4. The summed E-state index contributed by atoms with van der Waals surface area (Å²) in [5.41, 5.74) is 2.98. The number of nitrogens with zero attached hydrogens (tertiary/aromatic N) is 2. The van der Waals surface area contributed by atoms with E-state index in [4.69, 9.17) is 4.74 Å². The van der Waals surface area contributed by atoms with Crippen LogP contribution in [-0.4, -0.2) is 31.1 Å². The highest BCUT2D eigenvalue weighted by Gasteiger charge is 2.23. The van der Waals surface area contributed by atoms with Crippen molar-refractivity contribution in [2.45, 2.75) is 0 Å². The Morgan fingerprint density at radius 1 is 1.28 bits per heavy atom. The molecule has 0 atom stereocenters. The van der Waals surface area contributed by atoms with Crippen LogP contribution in [0.2, 0.25) is 0 Å². The molecule has 0 saturated carbocycles. The molecule has 126 valence electrons. The first-order chi connectivity index (χ1) is 12.2. The van der Waals surface area contributed by atoms with Gasteiger partial charge in [0.2, 0.25) is 0 Å². The van der Waals surface area contributed by atoms with Gasteiger partial charge in [-0.3, -0.25) is 4.79 Å². The van der Waals surface area contributed by atoms with Crippen molar-refractivity contribution in [1.82, 2.24) is 4.98 Å². The van der Waals surface area contributed by atoms with E-state index in [-0.39, 0.29) is 5.78 Å². The molecule has 1 aliphatic heterocycles. The Hall–Kier alpha value is -2.86. The first kappa shape index (κ1) is 15.7. The number of hydrogen-bond acceptors (Lipinski definition) is 6. The summed E-state index contributed by atoms with van der Waals surface area (Å²) in [6.07, 6.45) is 1.84. The number of pyridine rings is 1. The lowest BCUT2D eigenvalue weighted by Gasteiger charge is -2.17. The fourth-order valence-electron chi connectivity index (χ4n) is 2.88. The van der Waals surface area contributed by atoms with E-state index in [0.29, 0.717) is 13.2 Å². The summed E-state index contributed by atoms with van der Waals surface area (Å²) in [6, 6.07) is 13.7. The number of anilines is 2. The van der Waals surface area contributed by atoms with E-state index in [9.17, 15) is 4.79 Å². The Morgan fingerprint density at radius 3 is 3.00 bits per heavy atom. The van der Waals surface area contributed by atoms with Gasteiger partial charge in [-0.2, -0.15) is 0 Å². The van der Waals surface area contributed by atoms with E-state index in [0.717, 1.165) is 33.3 Å². The number of carbonyl (C=O) groups excluding carboxylic acids is 1. The van der Waals surface area contributed by atoms with Crippen molar-refractivity contribution in [3.63, 3.8) is 0 Å². The molecule has 0 aliphatic carbocycles. The van der Waals surface area contributed by atoms with E-state index in [1.807, 2.05) is 52.9 Å². The predicted molar refractivity (Wildman–Crippen MR) is 101 cm³/mol. The zero-order valence-corrected chi connectivity index (χ0v) is 14.5. The highest BCUT2D eigenvalue weighted by Crippen LogP contribution is 2.34. The van der Waals surface area contributed by atoms with Crippen LogP contribution in [0.15, 0.2) is 54.0 Å². The van der Waals surface area contributed by atoms with Crippen LogP contribution in [0.3, 0.4) is 0 Å². The predicted octanol–water partition coefficient (Wildman–Crippen LogP) is 3.89. The van der Waals surface area contributed by atoms with Crippen molar-refractivity contribution in [2.24, 2.45) is 0 Å². The zero-order valence-electron chi connectivity index (χ0n) is 13.7. The first-order valence-corrected chi connectivity index (χ1v) is 8.82. The molecule has 0 fully saturated rings. The SMILES string of the molecule is COc1cccc(-c2cnc3c(c2)N(CC(=O)c2cccs2)CN3)c1. The number of aromatic nitrogens is 1. The molecular formula is C19H17N3O2S. The number of Topliss-reactive ketones (excluding diaryl/α,β-unsaturated/α-hetero) is 1. The summed E-state index contributed by atoms with van der Waals surface area (Å²) < 4.78 is 5.30. The number of nitrogens with one attached hydrogen (secondary N) is 1. The van der Waals surface area contributed by atoms with Gasteiger partial charge in [-0.1, -0.05) is 18.2 Å². The first-order valence-electron chi connectivity index (χ1n) is 7.94. The third-order valence-corrected chi connectivity index (χ3v) is 5.09. The Labute approximate surface area is 149 Å². The van der Waals surface area contributed by atoms with Crippen molar-refractivity contribution in [2.75, 3.05) is 30.5 Å². The fraction of sp³-hybridized carbons (Fsp3) is 0.158. The zero-order chi connectivity index (χ0) is 17.2. The molecule has 6 heteroatoms. The number of carbonyl (C=O) groups is 1. The molecule has 1 aromatic carbocycles. The topological polar surface area (TPSA) is 54.5 Å². The normalized spacial score (nSPS) is 12.6. The molecule has 4 rings (SSSR count). The quantitative estimate of drug-likeness (QED) is 0.707. The third-order valence-electron chi connectivity index (χ3n) is 4.18. The molecule has 5 nitrogen and oxygen atoms in total. The van der Waals surface area contributed by atoms with Gasteiger partial charge in [-0.25, -0.2) is 4.98 Å². The van der Waals surface area contributed by atoms with Crippen LogP contribution in [0, 0.1) is 0 Å². The number of ether oxygens (including phenoxy) is 1. The second-order valence-corrected chi connectivity index (χ2v) is 6.70. The minimum Gasteiger partial charge on any atom is -0.497 e. The van der Waals surface area contributed by atoms with Crippen LogP contribution in [0.4, 0.5) is 11.5 Å². The molecule has 3 aromatic rings. The summed E-state index contributed by atoms with van der Waals surface area (Å²) in [4.78, 5) is 19.7. The van der Waals surface area contributed by atoms with Gasteiger partial charge in [0.25, 0.3) is 0 Å². The van der Waals surface area contributed by atoms with Gasteiger partial charge < -0.3 is 15.0 Å². The average molecular weight is 351 g/mol. The van der Waals surface area contributed by atoms with E-state index in [1.165, 1.54) is 11.3 Å². The lowest BCUT2D eigenvalue weighted by atomic mass is 10.1. The summed E-state index contributed by atoms with van der Waals surface area (Å²) in [5.74, 6) is 1.74. The molecule has 25 heavy (non-hydrogen) atoms. The lowest BCUT2D eigenvalue weighted by Crippen LogP contribution is -2.29. The van der Waals surface area contributed by atoms with Crippen LogP contribution in [0.25, 0.3) is 11.1 Å². The molecule has 0 unspecified atom stereocenters. The van der Waals surface area contributed by atoms with E-state index < -0.39 is 0 Å². The molecule has 0 saturated heterocycles. The summed E-state index contributed by atoms with van der Waals surface area (Å²) in [6.45, 7) is 0.921. The standard InChI is InChI=1S/C19H17N3O2S/c1-24-15-5-2-4-13(8-15)14-9-16-19(20-10-14)21-12-22(16)11-17(23)18-6-3-7-25-18/h2-10H,11-12H2,1H3,(H,20,21). The molecule has 0 amide bonds. The van der Waals surface area contributed by atoms with Crippen LogP contribution in [0.5, 0.6) is 5.75 Å². The summed E-state index contributed by atoms with van der Waals surface area (Å²) in [5, 5.41) is 5.17. The number of thiophene rings is 1. The average Bonchev–Trinajstić information content (AvgIpc) is 3.32. The van der Waals surface area contributed by atoms with Crippen LogP contribution >= 0.6 is 11.3 Å². The number of rotatable bonds is 5. The van der Waals surface area contributed by atoms with Gasteiger partial charge in [-0.05, 0) is 35.2 Å². The van der Waals surface area contributed by atoms with Gasteiger partial charge in [0.15, 0.2) is 11.6 Å². The maximum Gasteiger partial charge on any atom is 0.192 e. The van der Waals surface area contributed by atoms with Gasteiger partial charge in [0.05, 0.1) is 30.9 Å². The third kappa shape index (κ3) is 3.08. The Morgan fingerprint density at radius 2 is 2.20 bits per heavy atom. The minimum atomic E-state index is 0.122. The minimum absolute atomic E-state index is 0.122. The van der Waals surface area contributed by atoms with Gasteiger partial charge in [-0.15, -0.1) is 11.3 Å². The molecule has 1 aliphatic rings. The van der Waals surface area contributed by atoms with Crippen molar-refractivity contribution >= 4 is 28.6 Å². The second kappa shape index (κ2) is 6.57. The van der Waals surface area contributed by atoms with E-state index >= 15 is 0 Å². The Bertz CT molecular complexity index is 909. The smallest absolute Gasteiger partial charge is 0.192 e. The van der Waals surface area contributed by atoms with Crippen LogP contribution in [0.1, 0.15) is 9.67 Å². The largest absolute Gasteiger partial charge is 0.497 e. The Kier molecular flexibility index (Phi) is 4.11. The lowest BCUT2D eigenvalue weighted by molar-refractivity contribution is 0.100. The molecule has 0 spiro atoms. The molecule has 3 heterocycles. The van der Waals surface area contributed by atoms with Crippen molar-refractivity contribution in [1.29, 1.82) is 0 Å². The molecular weight excluding hydrogens is 334 g/mol. The second-order valence-electron chi connectivity index (χ2n) is 5.76. The highest BCUT2D eigenvalue weighted by atomic mass is 32.1. The van der Waals surface area contributed by atoms with Gasteiger partial charge in [0, 0.05) is 11.8 Å². The van der Waals surface area contributed by atoms with Crippen LogP contribution in [-0.2, 0) is 0 Å². The molecule has 0 bridgehead atoms. The Balaban J connectivity index is 1.62. The molecule has 1 N–H and O–H groups in total. The highest BCUT2D eigenvalue weighted by molar-refractivity contribution is 7.12. The number of ketones is 1. The van der Waals surface area contributed by atoms with Gasteiger partial charge >= 0.3 is 0 Å². The number of hydrogen-bond donors (Lipinski definition) is 1. The summed E-state index contributed by atoms with van der Waals surface area (Å²) in [7, 11) is 1.65. The van der Waals surface area contributed by atoms with Crippen LogP contribution < -0.4 is 15.0 Å². The number of fused-ring (bicyclic) bond motifs is 1. The monoisotopic (exact) mass is 351 g/mol. The maximum atomic E-state index is 12.4. The summed E-state index contributed by atoms with van der Waals surface area (Å²) >= 11 is 1.47.